The van der Waals surface area contributed by atoms with Crippen molar-refractivity contribution in [3.63, 3.8) is 0 Å². The summed E-state index contributed by atoms with van der Waals surface area (Å²) >= 11 is 0. The quantitative estimate of drug-likeness (QED) is 0.712. The van der Waals surface area contributed by atoms with E-state index in [9.17, 15) is 4.79 Å². The first kappa shape index (κ1) is 12.2. The molecule has 3 nitrogen and oxygen atoms in total. The lowest BCUT2D eigenvalue weighted by Crippen LogP contribution is -2.44. The van der Waals surface area contributed by atoms with Crippen LogP contribution in [0.25, 0.3) is 0 Å². The van der Waals surface area contributed by atoms with E-state index in [2.05, 4.69) is 23.7 Å². The molecule has 1 aliphatic rings. The summed E-state index contributed by atoms with van der Waals surface area (Å²) in [5.74, 6) is 0.716. The van der Waals surface area contributed by atoms with E-state index in [-0.39, 0.29) is 11.9 Å². The zero-order valence-electron chi connectivity index (χ0n) is 9.83. The monoisotopic (exact) mass is 210 g/mol. The normalized spacial score (nSPS) is 24.5. The van der Waals surface area contributed by atoms with Gasteiger partial charge >= 0.3 is 0 Å². The summed E-state index contributed by atoms with van der Waals surface area (Å²) < 4.78 is 0. The van der Waals surface area contributed by atoms with Crippen LogP contribution in [0.3, 0.4) is 0 Å². The molecule has 1 fully saturated rings. The van der Waals surface area contributed by atoms with Gasteiger partial charge in [0.05, 0.1) is 0 Å². The maximum atomic E-state index is 11.1. The number of nitrogens with one attached hydrogen (secondary N) is 1. The summed E-state index contributed by atoms with van der Waals surface area (Å²) in [6.45, 7) is 11.1. The zero-order valence-corrected chi connectivity index (χ0v) is 9.83. The summed E-state index contributed by atoms with van der Waals surface area (Å²) in [6, 6.07) is 0.209. The molecule has 0 spiro atoms. The number of rotatable bonds is 4. The molecule has 3 heteroatoms. The fraction of sp³-hybridized carbons (Fsp3) is 0.750. The molecule has 0 radical (unpaired) electrons. The van der Waals surface area contributed by atoms with Crippen LogP contribution < -0.4 is 5.32 Å². The van der Waals surface area contributed by atoms with Gasteiger partial charge in [0.1, 0.15) is 0 Å². The molecule has 1 rings (SSSR count). The highest BCUT2D eigenvalue weighted by atomic mass is 16.1. The van der Waals surface area contributed by atoms with Crippen LogP contribution in [0.4, 0.5) is 0 Å². The Morgan fingerprint density at radius 2 is 2.47 bits per heavy atom. The molecule has 0 aliphatic carbocycles. The molecule has 1 heterocycles. The van der Waals surface area contributed by atoms with E-state index >= 15 is 0 Å². The molecule has 1 aliphatic heterocycles. The zero-order chi connectivity index (χ0) is 11.3. The molecule has 1 N–H and O–H groups in total. The minimum atomic E-state index is -0.0763. The lowest BCUT2D eigenvalue weighted by Gasteiger charge is -2.32. The van der Waals surface area contributed by atoms with E-state index < -0.39 is 0 Å². The fourth-order valence-corrected chi connectivity index (χ4v) is 2.19. The third-order valence-electron chi connectivity index (χ3n) is 2.85. The van der Waals surface area contributed by atoms with E-state index in [1.807, 2.05) is 6.92 Å². The maximum Gasteiger partial charge on any atom is 0.243 e. The van der Waals surface area contributed by atoms with Gasteiger partial charge in [0, 0.05) is 19.1 Å². The molecule has 0 saturated carbocycles. The van der Waals surface area contributed by atoms with Gasteiger partial charge in [0.15, 0.2) is 0 Å². The van der Waals surface area contributed by atoms with Crippen LogP contribution in [-0.2, 0) is 4.79 Å². The minimum Gasteiger partial charge on any atom is -0.349 e. The largest absolute Gasteiger partial charge is 0.349 e. The van der Waals surface area contributed by atoms with Crippen LogP contribution in [0.1, 0.15) is 26.7 Å². The molecule has 2 atom stereocenters. The molecule has 0 aromatic rings. The molecule has 86 valence electrons. The van der Waals surface area contributed by atoms with Gasteiger partial charge in [-0.25, -0.2) is 0 Å². The number of nitrogens with zero attached hydrogens (tertiary/aromatic N) is 1. The second-order valence-corrected chi connectivity index (χ2v) is 4.62. The molecular formula is C12H22N2O. The second kappa shape index (κ2) is 5.91. The minimum absolute atomic E-state index is 0.0763. The Balaban J connectivity index is 2.27. The molecule has 15 heavy (non-hydrogen) atoms. The Labute approximate surface area is 92.5 Å². The van der Waals surface area contributed by atoms with Crippen molar-refractivity contribution in [3.8, 4) is 0 Å². The van der Waals surface area contributed by atoms with Crippen LogP contribution >= 0.6 is 0 Å². The van der Waals surface area contributed by atoms with Crippen molar-refractivity contribution >= 4 is 5.91 Å². The van der Waals surface area contributed by atoms with E-state index in [1.165, 1.54) is 25.5 Å². The number of likely N-dealkylation sites (tertiary alicyclic amines) is 1. The smallest absolute Gasteiger partial charge is 0.243 e. The van der Waals surface area contributed by atoms with Crippen molar-refractivity contribution in [2.24, 2.45) is 5.92 Å². The summed E-state index contributed by atoms with van der Waals surface area (Å²) in [4.78, 5) is 13.5. The lowest BCUT2D eigenvalue weighted by molar-refractivity contribution is -0.117. The molecular weight excluding hydrogens is 188 g/mol. The van der Waals surface area contributed by atoms with Gasteiger partial charge in [0.25, 0.3) is 0 Å². The fourth-order valence-electron chi connectivity index (χ4n) is 2.19. The molecule has 1 saturated heterocycles. The molecule has 0 aromatic heterocycles. The van der Waals surface area contributed by atoms with Crippen LogP contribution in [0.5, 0.6) is 0 Å². The summed E-state index contributed by atoms with van der Waals surface area (Å²) in [5, 5.41) is 2.89. The van der Waals surface area contributed by atoms with Crippen molar-refractivity contribution in [1.82, 2.24) is 10.2 Å². The number of hydrogen-bond acceptors (Lipinski definition) is 2. The van der Waals surface area contributed by atoms with Crippen LogP contribution in [0.15, 0.2) is 12.7 Å². The van der Waals surface area contributed by atoms with E-state index in [4.69, 9.17) is 0 Å². The molecule has 0 aromatic carbocycles. The number of piperidine rings is 1. The predicted molar refractivity (Wildman–Crippen MR) is 62.6 cm³/mol. The standard InChI is InChI=1S/C12H22N2O/c1-4-12(15)13-11(3)9-14-7-5-6-10(2)8-14/h4,10-11H,1,5-9H2,2-3H3,(H,13,15)/t10-,11+/m1/s1. The number of carbonyl (C=O) groups is 1. The summed E-state index contributed by atoms with van der Waals surface area (Å²) in [5.41, 5.74) is 0. The van der Waals surface area contributed by atoms with Gasteiger partial charge in [-0.15, -0.1) is 0 Å². The summed E-state index contributed by atoms with van der Waals surface area (Å²) in [7, 11) is 0. The second-order valence-electron chi connectivity index (χ2n) is 4.62. The first-order chi connectivity index (χ1) is 7.11. The Morgan fingerprint density at radius 1 is 1.73 bits per heavy atom. The van der Waals surface area contributed by atoms with Crippen molar-refractivity contribution in [3.05, 3.63) is 12.7 Å². The number of hydrogen-bond donors (Lipinski definition) is 1. The van der Waals surface area contributed by atoms with Crippen LogP contribution in [0, 0.1) is 5.92 Å². The molecule has 0 bridgehead atoms. The van der Waals surface area contributed by atoms with Gasteiger partial charge in [0.2, 0.25) is 5.91 Å². The number of amides is 1. The maximum absolute atomic E-state index is 11.1. The lowest BCUT2D eigenvalue weighted by atomic mass is 10.00. The Kier molecular flexibility index (Phi) is 4.82. The highest BCUT2D eigenvalue weighted by molar-refractivity contribution is 5.87. The average molecular weight is 210 g/mol. The third-order valence-corrected chi connectivity index (χ3v) is 2.85. The first-order valence-corrected chi connectivity index (χ1v) is 5.77. The van der Waals surface area contributed by atoms with Gasteiger partial charge in [-0.3, -0.25) is 4.79 Å². The number of carbonyl (C=O) groups excluding carboxylic acids is 1. The van der Waals surface area contributed by atoms with Crippen LogP contribution in [-0.4, -0.2) is 36.5 Å². The van der Waals surface area contributed by atoms with E-state index in [0.29, 0.717) is 0 Å². The Morgan fingerprint density at radius 3 is 3.07 bits per heavy atom. The van der Waals surface area contributed by atoms with Gasteiger partial charge in [-0.05, 0) is 38.3 Å². The predicted octanol–water partition coefficient (Wildman–Crippen LogP) is 1.41. The van der Waals surface area contributed by atoms with Crippen molar-refractivity contribution in [2.45, 2.75) is 32.7 Å². The molecule has 1 amide bonds. The first-order valence-electron chi connectivity index (χ1n) is 5.77. The highest BCUT2D eigenvalue weighted by Crippen LogP contribution is 2.15. The highest BCUT2D eigenvalue weighted by Gasteiger charge is 2.18. The van der Waals surface area contributed by atoms with Crippen molar-refractivity contribution in [1.29, 1.82) is 0 Å². The summed E-state index contributed by atoms with van der Waals surface area (Å²) in [6.07, 6.45) is 3.95. The SMILES string of the molecule is C=CC(=O)N[C@@H](C)CN1CCC[C@@H](C)C1. The van der Waals surface area contributed by atoms with E-state index in [0.717, 1.165) is 19.0 Å². The average Bonchev–Trinajstić information content (AvgIpc) is 2.17. The third kappa shape index (κ3) is 4.47. The van der Waals surface area contributed by atoms with Crippen molar-refractivity contribution < 1.29 is 4.79 Å². The Hall–Kier alpha value is -0.830. The van der Waals surface area contributed by atoms with Gasteiger partial charge in [-0.1, -0.05) is 13.5 Å². The Bertz CT molecular complexity index is 228. The van der Waals surface area contributed by atoms with Crippen LogP contribution in [0.2, 0.25) is 0 Å². The topological polar surface area (TPSA) is 32.3 Å². The van der Waals surface area contributed by atoms with Gasteiger partial charge in [-0.2, -0.15) is 0 Å². The van der Waals surface area contributed by atoms with Gasteiger partial charge < -0.3 is 10.2 Å². The molecule has 0 unspecified atom stereocenters. The van der Waals surface area contributed by atoms with Crippen molar-refractivity contribution in [2.75, 3.05) is 19.6 Å². The van der Waals surface area contributed by atoms with E-state index in [1.54, 1.807) is 0 Å².